The number of carboxylic acid groups (broad SMARTS) is 2. The highest BCUT2D eigenvalue weighted by Crippen LogP contribution is 2.05. The Hall–Kier alpha value is -0.990. The summed E-state index contributed by atoms with van der Waals surface area (Å²) >= 11 is -2.56. The monoisotopic (exact) mass is 211 g/mol. The minimum absolute atomic E-state index is 0.753. The molecule has 13 heavy (non-hydrogen) atoms. The van der Waals surface area contributed by atoms with Gasteiger partial charge in [-0.25, -0.2) is 4.21 Å². The fraction of sp³-hybridized carbons (Fsp3) is 0.600. The summed E-state index contributed by atoms with van der Waals surface area (Å²) in [6.07, 6.45) is -0.753. The van der Waals surface area contributed by atoms with E-state index in [4.69, 9.17) is 20.5 Å². The fourth-order valence-electron chi connectivity index (χ4n) is 0.655. The van der Waals surface area contributed by atoms with E-state index in [2.05, 4.69) is 0 Å². The Morgan fingerprint density at radius 3 is 2.08 bits per heavy atom. The maximum Gasteiger partial charge on any atom is 0.321 e. The Kier molecular flexibility index (Phi) is 4.52. The van der Waals surface area contributed by atoms with Crippen LogP contribution in [0.3, 0.4) is 0 Å². The highest BCUT2D eigenvalue weighted by Gasteiger charge is 2.31. The Morgan fingerprint density at radius 2 is 1.85 bits per heavy atom. The van der Waals surface area contributed by atoms with E-state index in [0.717, 1.165) is 0 Å². The van der Waals surface area contributed by atoms with E-state index in [1.165, 1.54) is 0 Å². The molecule has 0 aliphatic carbocycles. The average Bonchev–Trinajstić information content (AvgIpc) is 1.97. The first-order valence-corrected chi connectivity index (χ1v) is 4.33. The molecule has 5 N–H and O–H groups in total. The molecule has 0 saturated heterocycles. The summed E-state index contributed by atoms with van der Waals surface area (Å²) in [7, 11) is 0. The van der Waals surface area contributed by atoms with Crippen LogP contribution in [-0.2, 0) is 20.7 Å². The van der Waals surface area contributed by atoms with E-state index in [1.807, 2.05) is 0 Å². The number of nitrogens with two attached hydrogens (primary N) is 1. The van der Waals surface area contributed by atoms with Crippen molar-refractivity contribution in [2.45, 2.75) is 17.7 Å². The first kappa shape index (κ1) is 12.0. The predicted octanol–water partition coefficient (Wildman–Crippen LogP) is -1.54. The van der Waals surface area contributed by atoms with E-state index in [-0.39, 0.29) is 0 Å². The lowest BCUT2D eigenvalue weighted by molar-refractivity contribution is -0.139. The maximum absolute atomic E-state index is 10.5. The summed E-state index contributed by atoms with van der Waals surface area (Å²) in [4.78, 5) is 20.4. The van der Waals surface area contributed by atoms with Crippen molar-refractivity contribution in [1.82, 2.24) is 0 Å². The van der Waals surface area contributed by atoms with Gasteiger partial charge < -0.3 is 20.5 Å². The highest BCUT2D eigenvalue weighted by atomic mass is 32.2. The first-order valence-electron chi connectivity index (χ1n) is 3.16. The molecule has 0 aliphatic rings. The zero-order chi connectivity index (χ0) is 10.6. The summed E-state index contributed by atoms with van der Waals surface area (Å²) in [6, 6.07) is -1.65. The van der Waals surface area contributed by atoms with Gasteiger partial charge in [-0.1, -0.05) is 0 Å². The van der Waals surface area contributed by atoms with Crippen molar-refractivity contribution in [3.63, 3.8) is 0 Å². The van der Waals surface area contributed by atoms with Gasteiger partial charge >= 0.3 is 11.9 Å². The third-order valence-corrected chi connectivity index (χ3v) is 2.30. The highest BCUT2D eigenvalue weighted by molar-refractivity contribution is 7.80. The van der Waals surface area contributed by atoms with E-state index in [9.17, 15) is 13.8 Å². The van der Waals surface area contributed by atoms with Gasteiger partial charge in [0, 0.05) is 0 Å². The fourth-order valence-corrected chi connectivity index (χ4v) is 1.31. The molecule has 0 heterocycles. The number of aliphatic carboxylic acids is 2. The molecule has 3 atom stereocenters. The zero-order valence-electron chi connectivity index (χ0n) is 6.41. The summed E-state index contributed by atoms with van der Waals surface area (Å²) in [5.74, 6) is -2.88. The first-order chi connectivity index (χ1) is 5.86. The molecule has 0 rings (SSSR count). The van der Waals surface area contributed by atoms with Gasteiger partial charge in [0.1, 0.15) is 6.04 Å². The Morgan fingerprint density at radius 1 is 1.38 bits per heavy atom. The average molecular weight is 211 g/mol. The zero-order valence-corrected chi connectivity index (χ0v) is 7.23. The van der Waals surface area contributed by atoms with Gasteiger partial charge in [-0.05, 0) is 0 Å². The Balaban J connectivity index is 4.51. The number of hydrogen-bond donors (Lipinski definition) is 4. The molecule has 76 valence electrons. The maximum atomic E-state index is 10.5. The minimum Gasteiger partial charge on any atom is -0.481 e. The normalized spacial score (nSPS) is 17.4. The molecule has 0 aromatic rings. The largest absolute Gasteiger partial charge is 0.481 e. The topological polar surface area (TPSA) is 138 Å². The number of hydrogen-bond acceptors (Lipinski definition) is 4. The van der Waals surface area contributed by atoms with Crippen molar-refractivity contribution in [3.05, 3.63) is 0 Å². The molecule has 0 spiro atoms. The van der Waals surface area contributed by atoms with Crippen molar-refractivity contribution in [3.8, 4) is 0 Å². The van der Waals surface area contributed by atoms with Crippen LogP contribution >= 0.6 is 0 Å². The van der Waals surface area contributed by atoms with Crippen LogP contribution in [0, 0.1) is 0 Å². The van der Waals surface area contributed by atoms with E-state index < -0.39 is 40.7 Å². The smallest absolute Gasteiger partial charge is 0.321 e. The lowest BCUT2D eigenvalue weighted by atomic mass is 10.1. The minimum atomic E-state index is -2.56. The molecule has 7 nitrogen and oxygen atoms in total. The second-order valence-corrected chi connectivity index (χ2v) is 3.43. The van der Waals surface area contributed by atoms with Gasteiger partial charge in [0.25, 0.3) is 0 Å². The van der Waals surface area contributed by atoms with E-state index in [0.29, 0.717) is 0 Å². The number of carbonyl (C=O) groups is 2. The van der Waals surface area contributed by atoms with E-state index in [1.54, 1.807) is 0 Å². The molecular formula is C5H9NO6S. The van der Waals surface area contributed by atoms with Gasteiger partial charge in [-0.2, -0.15) is 0 Å². The van der Waals surface area contributed by atoms with Crippen LogP contribution in [-0.4, -0.2) is 42.2 Å². The van der Waals surface area contributed by atoms with Crippen molar-refractivity contribution in [2.75, 3.05) is 0 Å². The summed E-state index contributed by atoms with van der Waals surface area (Å²) in [6.45, 7) is 0. The van der Waals surface area contributed by atoms with Crippen molar-refractivity contribution in [1.29, 1.82) is 0 Å². The second-order valence-electron chi connectivity index (χ2n) is 2.28. The molecule has 0 aromatic carbocycles. The molecule has 8 heteroatoms. The van der Waals surface area contributed by atoms with Gasteiger partial charge in [0.2, 0.25) is 0 Å². The standard InChI is InChI=1S/C5H9NO6S/c6-4(5(9)10)2(13(11)12)1-3(7)8/h2,4H,1,6H2,(H,7,8)(H,9,10)(H,11,12). The molecule has 0 aliphatic heterocycles. The Labute approximate surface area is 75.8 Å². The lowest BCUT2D eigenvalue weighted by Gasteiger charge is -2.14. The van der Waals surface area contributed by atoms with Crippen LogP contribution < -0.4 is 5.73 Å². The van der Waals surface area contributed by atoms with Gasteiger partial charge in [0.15, 0.2) is 11.1 Å². The van der Waals surface area contributed by atoms with Crippen LogP contribution in [0.2, 0.25) is 0 Å². The summed E-state index contributed by atoms with van der Waals surface area (Å²) < 4.78 is 19.0. The van der Waals surface area contributed by atoms with Crippen molar-refractivity contribution >= 4 is 23.0 Å². The molecule has 0 radical (unpaired) electrons. The molecule has 3 unspecified atom stereocenters. The molecule has 0 bridgehead atoms. The van der Waals surface area contributed by atoms with Crippen molar-refractivity contribution < 1.29 is 28.6 Å². The van der Waals surface area contributed by atoms with Crippen LogP contribution in [0.4, 0.5) is 0 Å². The van der Waals surface area contributed by atoms with Crippen LogP contribution in [0.25, 0.3) is 0 Å². The van der Waals surface area contributed by atoms with E-state index >= 15 is 0 Å². The molecular weight excluding hydrogens is 202 g/mol. The van der Waals surface area contributed by atoms with Crippen molar-refractivity contribution in [2.24, 2.45) is 5.73 Å². The Bertz CT molecular complexity index is 241. The molecule has 0 amide bonds. The lowest BCUT2D eigenvalue weighted by Crippen LogP contribution is -2.45. The van der Waals surface area contributed by atoms with Gasteiger partial charge in [-0.3, -0.25) is 9.59 Å². The SMILES string of the molecule is NC(C(=O)O)C(CC(=O)O)S(=O)O. The third-order valence-electron chi connectivity index (χ3n) is 1.32. The summed E-state index contributed by atoms with van der Waals surface area (Å²) in [5, 5.41) is 15.1. The summed E-state index contributed by atoms with van der Waals surface area (Å²) in [5.41, 5.74) is 4.99. The second kappa shape index (κ2) is 4.90. The number of carboxylic acids is 2. The molecule has 0 aromatic heterocycles. The van der Waals surface area contributed by atoms with Gasteiger partial charge in [0.05, 0.1) is 11.7 Å². The quantitative estimate of drug-likeness (QED) is 0.404. The molecule has 0 fully saturated rings. The molecule has 0 saturated carbocycles. The van der Waals surface area contributed by atoms with Crippen LogP contribution in [0.5, 0.6) is 0 Å². The van der Waals surface area contributed by atoms with Gasteiger partial charge in [-0.15, -0.1) is 0 Å². The number of rotatable bonds is 5. The van der Waals surface area contributed by atoms with Crippen LogP contribution in [0.15, 0.2) is 0 Å². The third kappa shape index (κ3) is 3.97. The predicted molar refractivity (Wildman–Crippen MR) is 42.4 cm³/mol. The van der Waals surface area contributed by atoms with Crippen LogP contribution in [0.1, 0.15) is 6.42 Å².